The fourth-order valence-corrected chi connectivity index (χ4v) is 2.27. The highest BCUT2D eigenvalue weighted by Gasteiger charge is 2.24. The molecule has 0 aliphatic carbocycles. The first kappa shape index (κ1) is 11.3. The summed E-state index contributed by atoms with van der Waals surface area (Å²) >= 11 is 0. The zero-order chi connectivity index (χ0) is 12.4. The van der Waals surface area contributed by atoms with Crippen LogP contribution in [0.2, 0.25) is 0 Å². The Morgan fingerprint density at radius 1 is 1.11 bits per heavy atom. The summed E-state index contributed by atoms with van der Waals surface area (Å²) in [6.07, 6.45) is 0. The minimum absolute atomic E-state index is 0.105. The van der Waals surface area contributed by atoms with Crippen molar-refractivity contribution in [3.05, 3.63) is 54.1 Å². The molecule has 0 saturated heterocycles. The molecule has 1 unspecified atom stereocenters. The van der Waals surface area contributed by atoms with E-state index < -0.39 is 0 Å². The first-order valence-electron chi connectivity index (χ1n) is 5.99. The van der Waals surface area contributed by atoms with E-state index in [2.05, 4.69) is 29.7 Å². The van der Waals surface area contributed by atoms with Gasteiger partial charge in [0.05, 0.1) is 13.2 Å². The SMILES string of the molecule is CONC1COc2ccc(-c3ccccc3)cc21. The average molecular weight is 241 g/mol. The molecule has 18 heavy (non-hydrogen) atoms. The van der Waals surface area contributed by atoms with E-state index in [4.69, 9.17) is 9.57 Å². The van der Waals surface area contributed by atoms with Crippen molar-refractivity contribution in [2.24, 2.45) is 0 Å². The lowest BCUT2D eigenvalue weighted by molar-refractivity contribution is 0.0536. The summed E-state index contributed by atoms with van der Waals surface area (Å²) in [6.45, 7) is 0.613. The third-order valence-corrected chi connectivity index (χ3v) is 3.16. The molecule has 0 aromatic heterocycles. The highest BCUT2D eigenvalue weighted by molar-refractivity contribution is 5.66. The van der Waals surface area contributed by atoms with Crippen molar-refractivity contribution in [3.8, 4) is 16.9 Å². The van der Waals surface area contributed by atoms with Gasteiger partial charge in [-0.2, -0.15) is 5.48 Å². The van der Waals surface area contributed by atoms with Gasteiger partial charge in [-0.3, -0.25) is 0 Å². The first-order chi connectivity index (χ1) is 8.88. The highest BCUT2D eigenvalue weighted by Crippen LogP contribution is 2.35. The quantitative estimate of drug-likeness (QED) is 0.838. The number of hydroxylamine groups is 1. The predicted octanol–water partition coefficient (Wildman–Crippen LogP) is 2.94. The molecule has 3 rings (SSSR count). The molecule has 3 nitrogen and oxygen atoms in total. The van der Waals surface area contributed by atoms with E-state index in [0.29, 0.717) is 6.61 Å². The van der Waals surface area contributed by atoms with Gasteiger partial charge in [0.1, 0.15) is 12.4 Å². The Morgan fingerprint density at radius 3 is 2.72 bits per heavy atom. The molecule has 2 aromatic carbocycles. The normalized spacial score (nSPS) is 17.3. The van der Waals surface area contributed by atoms with E-state index >= 15 is 0 Å². The molecular weight excluding hydrogens is 226 g/mol. The Labute approximate surface area is 106 Å². The van der Waals surface area contributed by atoms with Crippen LogP contribution in [0.1, 0.15) is 11.6 Å². The van der Waals surface area contributed by atoms with Crippen molar-refractivity contribution in [2.75, 3.05) is 13.7 Å². The summed E-state index contributed by atoms with van der Waals surface area (Å²) in [5.74, 6) is 0.934. The van der Waals surface area contributed by atoms with Crippen molar-refractivity contribution >= 4 is 0 Å². The smallest absolute Gasteiger partial charge is 0.124 e. The van der Waals surface area contributed by atoms with Gasteiger partial charge in [0.25, 0.3) is 0 Å². The van der Waals surface area contributed by atoms with Crippen LogP contribution in [0.5, 0.6) is 5.75 Å². The number of hydrogen-bond donors (Lipinski definition) is 1. The van der Waals surface area contributed by atoms with Crippen molar-refractivity contribution < 1.29 is 9.57 Å². The van der Waals surface area contributed by atoms with Gasteiger partial charge in [-0.25, -0.2) is 0 Å². The first-order valence-corrected chi connectivity index (χ1v) is 5.99. The van der Waals surface area contributed by atoms with Crippen LogP contribution in [0.25, 0.3) is 11.1 Å². The van der Waals surface area contributed by atoms with Crippen molar-refractivity contribution in [1.29, 1.82) is 0 Å². The minimum Gasteiger partial charge on any atom is -0.491 e. The van der Waals surface area contributed by atoms with Crippen molar-refractivity contribution in [3.63, 3.8) is 0 Å². The maximum Gasteiger partial charge on any atom is 0.124 e. The standard InChI is InChI=1S/C15H15NO2/c1-17-16-14-10-18-15-8-7-12(9-13(14)15)11-5-3-2-4-6-11/h2-9,14,16H,10H2,1H3. The topological polar surface area (TPSA) is 30.5 Å². The second-order valence-corrected chi connectivity index (χ2v) is 4.30. The summed E-state index contributed by atoms with van der Waals surface area (Å²) in [5.41, 5.74) is 6.51. The summed E-state index contributed by atoms with van der Waals surface area (Å²) in [4.78, 5) is 5.00. The summed E-state index contributed by atoms with van der Waals surface area (Å²) in [5, 5.41) is 0. The molecule has 0 fully saturated rings. The Morgan fingerprint density at radius 2 is 1.94 bits per heavy atom. The number of rotatable bonds is 3. The van der Waals surface area contributed by atoms with Crippen molar-refractivity contribution in [2.45, 2.75) is 6.04 Å². The second-order valence-electron chi connectivity index (χ2n) is 4.30. The third kappa shape index (κ3) is 1.98. The van der Waals surface area contributed by atoms with Crippen LogP contribution < -0.4 is 10.2 Å². The maximum atomic E-state index is 5.61. The highest BCUT2D eigenvalue weighted by atomic mass is 16.6. The number of fused-ring (bicyclic) bond motifs is 1. The summed E-state index contributed by atoms with van der Waals surface area (Å²) < 4.78 is 5.61. The molecule has 0 spiro atoms. The molecule has 0 saturated carbocycles. The Hall–Kier alpha value is -1.84. The molecule has 0 bridgehead atoms. The zero-order valence-corrected chi connectivity index (χ0v) is 10.2. The average Bonchev–Trinajstić information content (AvgIpc) is 2.83. The molecule has 1 aliphatic rings. The molecular formula is C15H15NO2. The molecule has 0 radical (unpaired) electrons. The van der Waals surface area contributed by atoms with Crippen molar-refractivity contribution in [1.82, 2.24) is 5.48 Å². The van der Waals surface area contributed by atoms with Crippen LogP contribution >= 0.6 is 0 Å². The van der Waals surface area contributed by atoms with E-state index in [1.807, 2.05) is 24.3 Å². The van der Waals surface area contributed by atoms with Gasteiger partial charge in [0.15, 0.2) is 0 Å². The van der Waals surface area contributed by atoms with Crippen LogP contribution in [-0.2, 0) is 4.84 Å². The molecule has 1 heterocycles. The van der Waals surface area contributed by atoms with Gasteiger partial charge >= 0.3 is 0 Å². The Kier molecular flexibility index (Phi) is 3.00. The molecule has 2 aromatic rings. The molecule has 1 aliphatic heterocycles. The molecule has 92 valence electrons. The molecule has 1 N–H and O–H groups in total. The zero-order valence-electron chi connectivity index (χ0n) is 10.2. The van der Waals surface area contributed by atoms with E-state index in [9.17, 15) is 0 Å². The molecule has 3 heteroatoms. The van der Waals surface area contributed by atoms with Gasteiger partial charge in [0, 0.05) is 5.56 Å². The Balaban J connectivity index is 1.98. The summed E-state index contributed by atoms with van der Waals surface area (Å²) in [6, 6.07) is 16.7. The lowest BCUT2D eigenvalue weighted by atomic mass is 10.0. The predicted molar refractivity (Wildman–Crippen MR) is 70.3 cm³/mol. The number of benzene rings is 2. The van der Waals surface area contributed by atoms with Gasteiger partial charge in [-0.1, -0.05) is 36.4 Å². The maximum absolute atomic E-state index is 5.61. The lowest BCUT2D eigenvalue weighted by Crippen LogP contribution is -2.20. The van der Waals surface area contributed by atoms with E-state index in [0.717, 1.165) is 11.3 Å². The van der Waals surface area contributed by atoms with Gasteiger partial charge in [-0.15, -0.1) is 0 Å². The monoisotopic (exact) mass is 241 g/mol. The van der Waals surface area contributed by atoms with Gasteiger partial charge in [0.2, 0.25) is 0 Å². The molecule has 1 atom stereocenters. The summed E-state index contributed by atoms with van der Waals surface area (Å²) in [7, 11) is 1.62. The van der Waals surface area contributed by atoms with Crippen LogP contribution in [0.15, 0.2) is 48.5 Å². The van der Waals surface area contributed by atoms with Crippen LogP contribution in [0, 0.1) is 0 Å². The minimum atomic E-state index is 0.105. The van der Waals surface area contributed by atoms with Crippen LogP contribution in [-0.4, -0.2) is 13.7 Å². The second kappa shape index (κ2) is 4.80. The van der Waals surface area contributed by atoms with Crippen LogP contribution in [0.3, 0.4) is 0 Å². The fourth-order valence-electron chi connectivity index (χ4n) is 2.27. The Bertz CT molecular complexity index is 537. The number of hydrogen-bond acceptors (Lipinski definition) is 3. The van der Waals surface area contributed by atoms with E-state index in [-0.39, 0.29) is 6.04 Å². The number of ether oxygens (including phenoxy) is 1. The lowest BCUT2D eigenvalue weighted by Gasteiger charge is -2.10. The van der Waals surface area contributed by atoms with Crippen LogP contribution in [0.4, 0.5) is 0 Å². The number of nitrogens with one attached hydrogen (secondary N) is 1. The van der Waals surface area contributed by atoms with E-state index in [1.165, 1.54) is 11.1 Å². The van der Waals surface area contributed by atoms with Gasteiger partial charge < -0.3 is 9.57 Å². The fraction of sp³-hybridized carbons (Fsp3) is 0.200. The third-order valence-electron chi connectivity index (χ3n) is 3.16. The van der Waals surface area contributed by atoms with Gasteiger partial charge in [-0.05, 0) is 23.3 Å². The largest absolute Gasteiger partial charge is 0.491 e. The molecule has 0 amide bonds. The van der Waals surface area contributed by atoms with E-state index in [1.54, 1.807) is 7.11 Å².